The minimum Gasteiger partial charge on any atom is -0.371 e. The highest BCUT2D eigenvalue weighted by atomic mass is 32.2. The molecule has 1 aliphatic carbocycles. The van der Waals surface area contributed by atoms with Gasteiger partial charge in [0.05, 0.1) is 24.7 Å². The Labute approximate surface area is 138 Å². The van der Waals surface area contributed by atoms with Crippen molar-refractivity contribution in [3.63, 3.8) is 0 Å². The van der Waals surface area contributed by atoms with E-state index in [0.29, 0.717) is 31.4 Å². The molecule has 0 unspecified atom stereocenters. The van der Waals surface area contributed by atoms with Crippen molar-refractivity contribution in [2.75, 3.05) is 25.4 Å². The van der Waals surface area contributed by atoms with Crippen LogP contribution in [0.1, 0.15) is 50.7 Å². The first-order valence-corrected chi connectivity index (χ1v) is 10.3. The topological polar surface area (TPSA) is 64.4 Å². The van der Waals surface area contributed by atoms with Crippen LogP contribution in [0.5, 0.6) is 0 Å². The van der Waals surface area contributed by atoms with Gasteiger partial charge in [-0.25, -0.2) is 8.42 Å². The fourth-order valence-corrected chi connectivity index (χ4v) is 5.41. The summed E-state index contributed by atoms with van der Waals surface area (Å²) in [6.07, 6.45) is 9.21. The maximum atomic E-state index is 12.7. The predicted molar refractivity (Wildman–Crippen MR) is 88.5 cm³/mol. The summed E-state index contributed by atoms with van der Waals surface area (Å²) in [6, 6.07) is 0. The summed E-state index contributed by atoms with van der Waals surface area (Å²) in [7, 11) is -3.20. The van der Waals surface area contributed by atoms with E-state index in [9.17, 15) is 8.42 Å². The third-order valence-corrected chi connectivity index (χ3v) is 6.95. The average molecular weight is 341 g/mol. The standard InChI is InChI=1S/C16H27N3O3S/c1-2-18-11-15(10-17-18)16-12-19(8-9-22-16)23(20,21)13-14-6-4-3-5-7-14/h10-11,14,16H,2-9,12-13H2,1H3/t16-/m0/s1. The van der Waals surface area contributed by atoms with E-state index in [1.807, 2.05) is 17.8 Å². The Morgan fingerprint density at radius 1 is 1.30 bits per heavy atom. The van der Waals surface area contributed by atoms with Crippen LogP contribution in [0.2, 0.25) is 0 Å². The Morgan fingerprint density at radius 2 is 2.09 bits per heavy atom. The largest absolute Gasteiger partial charge is 0.371 e. The molecule has 0 spiro atoms. The van der Waals surface area contributed by atoms with Gasteiger partial charge in [0.15, 0.2) is 0 Å². The zero-order valence-electron chi connectivity index (χ0n) is 13.9. The number of ether oxygens (including phenoxy) is 1. The molecule has 6 nitrogen and oxygen atoms in total. The maximum absolute atomic E-state index is 12.7. The molecule has 1 aromatic heterocycles. The Morgan fingerprint density at radius 3 is 2.78 bits per heavy atom. The van der Waals surface area contributed by atoms with Gasteiger partial charge in [-0.3, -0.25) is 4.68 Å². The van der Waals surface area contributed by atoms with E-state index in [-0.39, 0.29) is 6.10 Å². The van der Waals surface area contributed by atoms with Gasteiger partial charge in [0.2, 0.25) is 10.0 Å². The zero-order valence-corrected chi connectivity index (χ0v) is 14.7. The maximum Gasteiger partial charge on any atom is 0.214 e. The van der Waals surface area contributed by atoms with E-state index in [2.05, 4.69) is 5.10 Å². The lowest BCUT2D eigenvalue weighted by molar-refractivity contribution is -0.00272. The fourth-order valence-electron chi connectivity index (χ4n) is 3.56. The molecule has 1 aliphatic heterocycles. The second-order valence-corrected chi connectivity index (χ2v) is 8.64. The lowest BCUT2D eigenvalue weighted by Gasteiger charge is -2.33. The highest BCUT2D eigenvalue weighted by Crippen LogP contribution is 2.28. The van der Waals surface area contributed by atoms with Crippen LogP contribution in [0.25, 0.3) is 0 Å². The lowest BCUT2D eigenvalue weighted by atomic mass is 9.91. The Bertz CT molecular complexity index is 608. The molecule has 0 bridgehead atoms. The van der Waals surface area contributed by atoms with E-state index >= 15 is 0 Å². The van der Waals surface area contributed by atoms with E-state index in [1.165, 1.54) is 19.3 Å². The Hall–Kier alpha value is -0.920. The summed E-state index contributed by atoms with van der Waals surface area (Å²) in [5.41, 5.74) is 0.962. The van der Waals surface area contributed by atoms with Crippen LogP contribution in [0.4, 0.5) is 0 Å². The molecule has 3 rings (SSSR count). The van der Waals surface area contributed by atoms with E-state index in [0.717, 1.165) is 24.9 Å². The molecule has 23 heavy (non-hydrogen) atoms. The van der Waals surface area contributed by atoms with Gasteiger partial charge in [-0.15, -0.1) is 0 Å². The van der Waals surface area contributed by atoms with Gasteiger partial charge < -0.3 is 4.74 Å². The van der Waals surface area contributed by atoms with Crippen molar-refractivity contribution in [3.05, 3.63) is 18.0 Å². The summed E-state index contributed by atoms with van der Waals surface area (Å²) in [4.78, 5) is 0. The average Bonchev–Trinajstić information content (AvgIpc) is 3.05. The van der Waals surface area contributed by atoms with Crippen LogP contribution in [-0.2, 0) is 21.3 Å². The monoisotopic (exact) mass is 341 g/mol. The van der Waals surface area contributed by atoms with Gasteiger partial charge in [0.1, 0.15) is 0 Å². The normalized spacial score (nSPS) is 24.8. The van der Waals surface area contributed by atoms with Gasteiger partial charge in [0.25, 0.3) is 0 Å². The number of sulfonamides is 1. The number of nitrogens with zero attached hydrogens (tertiary/aromatic N) is 3. The van der Waals surface area contributed by atoms with Crippen LogP contribution in [0, 0.1) is 5.92 Å². The summed E-state index contributed by atoms with van der Waals surface area (Å²) in [6.45, 7) is 4.15. The molecule has 2 aliphatic rings. The summed E-state index contributed by atoms with van der Waals surface area (Å²) >= 11 is 0. The van der Waals surface area contributed by atoms with Gasteiger partial charge in [-0.2, -0.15) is 9.40 Å². The first-order valence-electron chi connectivity index (χ1n) is 8.70. The van der Waals surface area contributed by atoms with Gasteiger partial charge in [-0.05, 0) is 25.7 Å². The second-order valence-electron chi connectivity index (χ2n) is 6.63. The first-order chi connectivity index (χ1) is 11.1. The molecule has 7 heteroatoms. The molecule has 1 aromatic rings. The van der Waals surface area contributed by atoms with Crippen molar-refractivity contribution in [3.8, 4) is 0 Å². The molecular formula is C16H27N3O3S. The number of hydrogen-bond acceptors (Lipinski definition) is 4. The molecule has 130 valence electrons. The van der Waals surface area contributed by atoms with Crippen LogP contribution in [0.15, 0.2) is 12.4 Å². The lowest BCUT2D eigenvalue weighted by Crippen LogP contribution is -2.44. The van der Waals surface area contributed by atoms with E-state index in [1.54, 1.807) is 10.5 Å². The van der Waals surface area contributed by atoms with Gasteiger partial charge in [-0.1, -0.05) is 19.3 Å². The van der Waals surface area contributed by atoms with Crippen molar-refractivity contribution in [2.45, 2.75) is 51.7 Å². The second kappa shape index (κ2) is 7.32. The van der Waals surface area contributed by atoms with Gasteiger partial charge in [0, 0.05) is 31.4 Å². The Balaban J connectivity index is 1.64. The predicted octanol–water partition coefficient (Wildman–Crippen LogP) is 2.19. The van der Waals surface area contributed by atoms with E-state index < -0.39 is 10.0 Å². The summed E-state index contributed by atoms with van der Waals surface area (Å²) in [5.74, 6) is 0.631. The number of aryl methyl sites for hydroxylation is 1. The van der Waals surface area contributed by atoms with Crippen molar-refractivity contribution in [1.29, 1.82) is 0 Å². The molecule has 0 aromatic carbocycles. The van der Waals surface area contributed by atoms with Crippen molar-refractivity contribution in [1.82, 2.24) is 14.1 Å². The smallest absolute Gasteiger partial charge is 0.214 e. The van der Waals surface area contributed by atoms with Crippen LogP contribution < -0.4 is 0 Å². The van der Waals surface area contributed by atoms with Crippen LogP contribution in [0.3, 0.4) is 0 Å². The highest BCUT2D eigenvalue weighted by molar-refractivity contribution is 7.89. The Kier molecular flexibility index (Phi) is 5.38. The SMILES string of the molecule is CCn1cc([C@@H]2CN(S(=O)(=O)CC3CCCCC3)CCO2)cn1. The van der Waals surface area contributed by atoms with Crippen molar-refractivity contribution < 1.29 is 13.2 Å². The molecule has 2 heterocycles. The third-order valence-electron chi connectivity index (χ3n) is 4.94. The zero-order chi connectivity index (χ0) is 16.3. The minimum atomic E-state index is -3.20. The summed E-state index contributed by atoms with van der Waals surface area (Å²) < 4.78 is 34.7. The van der Waals surface area contributed by atoms with Crippen LogP contribution >= 0.6 is 0 Å². The molecule has 0 radical (unpaired) electrons. The minimum absolute atomic E-state index is 0.204. The molecule has 1 saturated heterocycles. The summed E-state index contributed by atoms with van der Waals surface area (Å²) in [5, 5.41) is 4.26. The number of morpholine rings is 1. The first kappa shape index (κ1) is 16.9. The quantitative estimate of drug-likeness (QED) is 0.823. The van der Waals surface area contributed by atoms with Crippen LogP contribution in [-0.4, -0.2) is 48.0 Å². The molecule has 0 N–H and O–H groups in total. The molecule has 1 saturated carbocycles. The third kappa shape index (κ3) is 4.14. The molecule has 2 fully saturated rings. The highest BCUT2D eigenvalue weighted by Gasteiger charge is 2.32. The number of rotatable bonds is 5. The molecule has 1 atom stereocenters. The van der Waals surface area contributed by atoms with Gasteiger partial charge >= 0.3 is 0 Å². The molecular weight excluding hydrogens is 314 g/mol. The number of hydrogen-bond donors (Lipinski definition) is 0. The fraction of sp³-hybridized carbons (Fsp3) is 0.812. The molecule has 0 amide bonds. The van der Waals surface area contributed by atoms with Crippen molar-refractivity contribution in [2.24, 2.45) is 5.92 Å². The van der Waals surface area contributed by atoms with E-state index in [4.69, 9.17) is 4.74 Å². The number of aromatic nitrogens is 2. The van der Waals surface area contributed by atoms with Crippen molar-refractivity contribution >= 4 is 10.0 Å².